The summed E-state index contributed by atoms with van der Waals surface area (Å²) in [6.07, 6.45) is 5.34. The molecule has 1 aromatic heterocycles. The molecule has 0 atom stereocenters. The van der Waals surface area contributed by atoms with Gasteiger partial charge in [0.2, 0.25) is 0 Å². The van der Waals surface area contributed by atoms with Gasteiger partial charge in [0.15, 0.2) is 5.82 Å². The molecule has 0 aliphatic rings. The van der Waals surface area contributed by atoms with Crippen LogP contribution >= 0.6 is 15.9 Å². The Morgan fingerprint density at radius 3 is 2.47 bits per heavy atom. The minimum Gasteiger partial charge on any atom is -0.228 e. The second-order valence-corrected chi connectivity index (χ2v) is 4.64. The van der Waals surface area contributed by atoms with Gasteiger partial charge in [0, 0.05) is 5.56 Å². The molecular formula is C16H13BrN2. The lowest BCUT2D eigenvalue weighted by molar-refractivity contribution is 1.13. The molecule has 19 heavy (non-hydrogen) atoms. The van der Waals surface area contributed by atoms with Gasteiger partial charge >= 0.3 is 0 Å². The Balaban J connectivity index is 2.55. The fourth-order valence-corrected chi connectivity index (χ4v) is 2.05. The van der Waals surface area contributed by atoms with E-state index < -0.39 is 0 Å². The highest BCUT2D eigenvalue weighted by Gasteiger charge is 2.07. The van der Waals surface area contributed by atoms with Crippen LogP contribution in [0.1, 0.15) is 5.69 Å². The van der Waals surface area contributed by atoms with E-state index in [-0.39, 0.29) is 0 Å². The van der Waals surface area contributed by atoms with Crippen molar-refractivity contribution in [2.24, 2.45) is 0 Å². The van der Waals surface area contributed by atoms with Crippen molar-refractivity contribution in [1.29, 1.82) is 0 Å². The molecule has 0 aliphatic carbocycles. The highest BCUT2D eigenvalue weighted by atomic mass is 79.9. The molecule has 2 aromatic rings. The molecule has 0 saturated carbocycles. The van der Waals surface area contributed by atoms with E-state index >= 15 is 0 Å². The van der Waals surface area contributed by atoms with Crippen LogP contribution in [0.15, 0.2) is 72.4 Å². The van der Waals surface area contributed by atoms with Gasteiger partial charge in [0.25, 0.3) is 0 Å². The Kier molecular flexibility index (Phi) is 4.42. The van der Waals surface area contributed by atoms with E-state index in [0.29, 0.717) is 5.82 Å². The Morgan fingerprint density at radius 2 is 1.84 bits per heavy atom. The molecule has 0 aliphatic heterocycles. The summed E-state index contributed by atoms with van der Waals surface area (Å²) in [5, 5.41) is 0. The molecule has 1 heterocycles. The van der Waals surface area contributed by atoms with E-state index in [1.165, 1.54) is 0 Å². The van der Waals surface area contributed by atoms with Gasteiger partial charge in [-0.25, -0.2) is 9.97 Å². The van der Waals surface area contributed by atoms with Crippen molar-refractivity contribution in [2.75, 3.05) is 0 Å². The number of halogens is 1. The van der Waals surface area contributed by atoms with E-state index in [1.54, 1.807) is 12.2 Å². The van der Waals surface area contributed by atoms with Gasteiger partial charge in [-0.3, -0.25) is 0 Å². The van der Waals surface area contributed by atoms with Gasteiger partial charge < -0.3 is 0 Å². The Bertz CT molecular complexity index is 630. The van der Waals surface area contributed by atoms with Crippen molar-refractivity contribution in [2.45, 2.75) is 0 Å². The quantitative estimate of drug-likeness (QED) is 0.606. The number of hydrogen-bond acceptors (Lipinski definition) is 2. The number of benzene rings is 1. The van der Waals surface area contributed by atoms with Gasteiger partial charge in [0.05, 0.1) is 5.69 Å². The summed E-state index contributed by atoms with van der Waals surface area (Å²) in [5.41, 5.74) is 2.71. The third-order valence-electron chi connectivity index (χ3n) is 2.54. The molecule has 2 nitrogen and oxygen atoms in total. The highest BCUT2D eigenvalue weighted by molar-refractivity contribution is 9.10. The number of allylic oxidation sites excluding steroid dienone is 4. The monoisotopic (exact) mass is 312 g/mol. The summed E-state index contributed by atoms with van der Waals surface area (Å²) in [7, 11) is 0. The molecule has 2 rings (SSSR count). The molecule has 0 amide bonds. The Hall–Kier alpha value is -2.00. The van der Waals surface area contributed by atoms with E-state index in [2.05, 4.69) is 39.1 Å². The smallest absolute Gasteiger partial charge is 0.161 e. The molecule has 3 heteroatoms. The molecule has 0 saturated heterocycles. The minimum absolute atomic E-state index is 0.682. The van der Waals surface area contributed by atoms with Crippen LogP contribution in [-0.4, -0.2) is 9.97 Å². The normalized spacial score (nSPS) is 11.1. The SMILES string of the molecule is C=C/C=C(\C=C)c1cc(Br)nc(-c2ccccc2)n1. The lowest BCUT2D eigenvalue weighted by atomic mass is 10.1. The summed E-state index contributed by atoms with van der Waals surface area (Å²) in [4.78, 5) is 8.96. The summed E-state index contributed by atoms with van der Waals surface area (Å²) in [6.45, 7) is 7.49. The average molecular weight is 313 g/mol. The molecule has 0 N–H and O–H groups in total. The van der Waals surface area contributed by atoms with Crippen LogP contribution in [0.25, 0.3) is 17.0 Å². The molecular weight excluding hydrogens is 300 g/mol. The summed E-state index contributed by atoms with van der Waals surface area (Å²) in [6, 6.07) is 11.7. The molecule has 0 radical (unpaired) electrons. The second-order valence-electron chi connectivity index (χ2n) is 3.83. The van der Waals surface area contributed by atoms with Crippen LogP contribution in [-0.2, 0) is 0 Å². The van der Waals surface area contributed by atoms with Crippen molar-refractivity contribution >= 4 is 21.5 Å². The molecule has 0 fully saturated rings. The van der Waals surface area contributed by atoms with Crippen LogP contribution in [0.4, 0.5) is 0 Å². The van der Waals surface area contributed by atoms with E-state index in [9.17, 15) is 0 Å². The predicted molar refractivity (Wildman–Crippen MR) is 83.5 cm³/mol. The summed E-state index contributed by atoms with van der Waals surface area (Å²) < 4.78 is 0.744. The Morgan fingerprint density at radius 1 is 1.11 bits per heavy atom. The first-order valence-corrected chi connectivity index (χ1v) is 6.59. The standard InChI is InChI=1S/C16H13BrN2/c1-3-8-12(4-2)14-11-15(17)19-16(18-14)13-9-6-5-7-10-13/h3-11H,1-2H2/b12-8+. The fourth-order valence-electron chi connectivity index (χ4n) is 1.67. The van der Waals surface area contributed by atoms with Crippen LogP contribution in [0, 0.1) is 0 Å². The maximum atomic E-state index is 4.57. The molecule has 1 aromatic carbocycles. The van der Waals surface area contributed by atoms with Crippen molar-refractivity contribution < 1.29 is 0 Å². The van der Waals surface area contributed by atoms with E-state index in [1.807, 2.05) is 42.5 Å². The maximum absolute atomic E-state index is 4.57. The van der Waals surface area contributed by atoms with Crippen molar-refractivity contribution in [1.82, 2.24) is 9.97 Å². The van der Waals surface area contributed by atoms with Gasteiger partial charge in [-0.05, 0) is 27.6 Å². The van der Waals surface area contributed by atoms with Gasteiger partial charge in [0.1, 0.15) is 4.60 Å². The average Bonchev–Trinajstić information content (AvgIpc) is 2.45. The zero-order valence-corrected chi connectivity index (χ0v) is 12.0. The third-order valence-corrected chi connectivity index (χ3v) is 2.95. The summed E-state index contributed by atoms with van der Waals surface area (Å²) >= 11 is 3.42. The van der Waals surface area contributed by atoms with Crippen molar-refractivity contribution in [3.63, 3.8) is 0 Å². The lowest BCUT2D eigenvalue weighted by Crippen LogP contribution is -1.95. The van der Waals surface area contributed by atoms with Gasteiger partial charge in [-0.15, -0.1) is 0 Å². The van der Waals surface area contributed by atoms with E-state index in [0.717, 1.165) is 21.4 Å². The first-order valence-electron chi connectivity index (χ1n) is 5.80. The third kappa shape index (κ3) is 3.26. The first-order chi connectivity index (χ1) is 9.24. The van der Waals surface area contributed by atoms with Gasteiger partial charge in [-0.2, -0.15) is 0 Å². The highest BCUT2D eigenvalue weighted by Crippen LogP contribution is 2.22. The zero-order chi connectivity index (χ0) is 13.7. The fraction of sp³-hybridized carbons (Fsp3) is 0. The minimum atomic E-state index is 0.682. The lowest BCUT2D eigenvalue weighted by Gasteiger charge is -2.06. The zero-order valence-electron chi connectivity index (χ0n) is 10.4. The van der Waals surface area contributed by atoms with Crippen molar-refractivity contribution in [3.8, 4) is 11.4 Å². The van der Waals surface area contributed by atoms with E-state index in [4.69, 9.17) is 0 Å². The molecule has 94 valence electrons. The Labute approximate surface area is 121 Å². The molecule has 0 unspecified atom stereocenters. The topological polar surface area (TPSA) is 25.8 Å². The summed E-state index contributed by atoms with van der Waals surface area (Å²) in [5.74, 6) is 0.682. The second kappa shape index (κ2) is 6.25. The van der Waals surface area contributed by atoms with Crippen LogP contribution < -0.4 is 0 Å². The van der Waals surface area contributed by atoms with Gasteiger partial charge in [-0.1, -0.05) is 61.7 Å². The van der Waals surface area contributed by atoms with Crippen molar-refractivity contribution in [3.05, 3.63) is 78.1 Å². The number of aromatic nitrogens is 2. The molecule has 0 spiro atoms. The maximum Gasteiger partial charge on any atom is 0.161 e. The number of nitrogens with zero attached hydrogens (tertiary/aromatic N) is 2. The predicted octanol–water partition coefficient (Wildman–Crippen LogP) is 4.66. The first kappa shape index (κ1) is 13.4. The van der Waals surface area contributed by atoms with Crippen LogP contribution in [0.5, 0.6) is 0 Å². The number of rotatable bonds is 4. The van der Waals surface area contributed by atoms with Crippen LogP contribution in [0.3, 0.4) is 0 Å². The number of hydrogen-bond donors (Lipinski definition) is 0. The molecule has 0 bridgehead atoms. The van der Waals surface area contributed by atoms with Crippen LogP contribution in [0.2, 0.25) is 0 Å². The largest absolute Gasteiger partial charge is 0.228 e.